The molecular formula is C21H19N5O2S. The van der Waals surface area contributed by atoms with Crippen LogP contribution in [0.25, 0.3) is 16.7 Å². The largest absolute Gasteiger partial charge is 0.325 e. The first kappa shape index (κ1) is 19.1. The number of aromatic nitrogens is 4. The Bertz CT molecular complexity index is 1230. The Balaban J connectivity index is 1.58. The summed E-state index contributed by atoms with van der Waals surface area (Å²) in [5.41, 5.74) is 3.57. The van der Waals surface area contributed by atoms with Gasteiger partial charge in [-0.2, -0.15) is 0 Å². The molecule has 2 aromatic carbocycles. The topological polar surface area (TPSA) is 89.2 Å². The van der Waals surface area contributed by atoms with E-state index in [4.69, 9.17) is 0 Å². The summed E-state index contributed by atoms with van der Waals surface area (Å²) in [5, 5.41) is 12.0. The van der Waals surface area contributed by atoms with Gasteiger partial charge in [0, 0.05) is 17.7 Å². The van der Waals surface area contributed by atoms with Gasteiger partial charge in [-0.05, 0) is 31.2 Å². The second-order valence-electron chi connectivity index (χ2n) is 6.51. The Labute approximate surface area is 171 Å². The quantitative estimate of drug-likeness (QED) is 0.388. The molecule has 8 heteroatoms. The molecule has 0 fully saturated rings. The maximum absolute atomic E-state index is 12.4. The van der Waals surface area contributed by atoms with Gasteiger partial charge >= 0.3 is 0 Å². The Morgan fingerprint density at radius 2 is 1.93 bits per heavy atom. The van der Waals surface area contributed by atoms with Gasteiger partial charge in [-0.3, -0.25) is 14.0 Å². The van der Waals surface area contributed by atoms with Crippen molar-refractivity contribution in [3.05, 3.63) is 59.9 Å². The molecule has 4 rings (SSSR count). The molecule has 0 aliphatic heterocycles. The first-order valence-corrected chi connectivity index (χ1v) is 10.2. The Kier molecular flexibility index (Phi) is 5.26. The Hall–Kier alpha value is -3.26. The fourth-order valence-electron chi connectivity index (χ4n) is 3.09. The van der Waals surface area contributed by atoms with Crippen molar-refractivity contribution in [2.24, 2.45) is 0 Å². The summed E-state index contributed by atoms with van der Waals surface area (Å²) < 4.78 is 2.00. The molecule has 4 aromatic rings. The standard InChI is InChI=1S/C21H19N5O2S/c1-3-18-24-25-20-21(23-16-9-4-5-10-17(16)26(18)20)29-12-19(28)22-15-8-6-7-14(11-15)13(2)27/h4-11H,3,12H2,1-2H3,(H,22,28). The number of benzene rings is 2. The third-order valence-electron chi connectivity index (χ3n) is 4.48. The number of thioether (sulfide) groups is 1. The minimum absolute atomic E-state index is 0.0447. The number of anilines is 1. The van der Waals surface area contributed by atoms with Crippen LogP contribution in [-0.2, 0) is 11.2 Å². The zero-order valence-electron chi connectivity index (χ0n) is 16.0. The summed E-state index contributed by atoms with van der Waals surface area (Å²) in [6, 6.07) is 14.7. The number of amides is 1. The average Bonchev–Trinajstić information content (AvgIpc) is 3.17. The molecule has 0 bridgehead atoms. The van der Waals surface area contributed by atoms with Gasteiger partial charge in [0.2, 0.25) is 5.91 Å². The molecule has 0 atom stereocenters. The predicted octanol–water partition coefficient (Wildman–Crippen LogP) is 3.77. The van der Waals surface area contributed by atoms with Gasteiger partial charge < -0.3 is 5.32 Å². The summed E-state index contributed by atoms with van der Waals surface area (Å²) in [7, 11) is 0. The molecule has 7 nitrogen and oxygen atoms in total. The van der Waals surface area contributed by atoms with Gasteiger partial charge in [-0.15, -0.1) is 10.2 Å². The van der Waals surface area contributed by atoms with Crippen LogP contribution >= 0.6 is 11.8 Å². The summed E-state index contributed by atoms with van der Waals surface area (Å²) in [6.07, 6.45) is 0.742. The number of nitrogens with one attached hydrogen (secondary N) is 1. The third kappa shape index (κ3) is 3.84. The molecule has 0 unspecified atom stereocenters. The molecule has 2 aromatic heterocycles. The zero-order valence-corrected chi connectivity index (χ0v) is 16.9. The number of rotatable bonds is 6. The number of aryl methyl sites for hydroxylation is 1. The number of nitrogens with zero attached hydrogens (tertiary/aromatic N) is 4. The lowest BCUT2D eigenvalue weighted by atomic mass is 10.1. The lowest BCUT2D eigenvalue weighted by Crippen LogP contribution is -2.14. The lowest BCUT2D eigenvalue weighted by Gasteiger charge is -2.09. The summed E-state index contributed by atoms with van der Waals surface area (Å²) in [5.74, 6) is 0.793. The van der Waals surface area contributed by atoms with Crippen molar-refractivity contribution < 1.29 is 9.59 Å². The van der Waals surface area contributed by atoms with Crippen molar-refractivity contribution in [1.82, 2.24) is 19.6 Å². The SMILES string of the molecule is CCc1nnc2c(SCC(=O)Nc3cccc(C(C)=O)c3)nc3ccccc3n12. The molecule has 0 aliphatic carbocycles. The minimum Gasteiger partial charge on any atom is -0.325 e. The molecule has 146 valence electrons. The minimum atomic E-state index is -0.181. The van der Waals surface area contributed by atoms with E-state index >= 15 is 0 Å². The monoisotopic (exact) mass is 405 g/mol. The van der Waals surface area contributed by atoms with E-state index in [2.05, 4.69) is 20.5 Å². The molecule has 0 saturated heterocycles. The highest BCUT2D eigenvalue weighted by Crippen LogP contribution is 2.26. The Morgan fingerprint density at radius 1 is 1.10 bits per heavy atom. The van der Waals surface area contributed by atoms with E-state index in [1.165, 1.54) is 18.7 Å². The van der Waals surface area contributed by atoms with Gasteiger partial charge in [-0.25, -0.2) is 4.98 Å². The van der Waals surface area contributed by atoms with E-state index in [0.717, 1.165) is 23.3 Å². The number of carbonyl (C=O) groups is 2. The van der Waals surface area contributed by atoms with Crippen LogP contribution in [-0.4, -0.2) is 37.0 Å². The maximum atomic E-state index is 12.4. The average molecular weight is 405 g/mol. The zero-order chi connectivity index (χ0) is 20.4. The van der Waals surface area contributed by atoms with Gasteiger partial charge in [-0.1, -0.05) is 43.0 Å². The van der Waals surface area contributed by atoms with Crippen LogP contribution < -0.4 is 5.32 Å². The predicted molar refractivity (Wildman–Crippen MR) is 113 cm³/mol. The molecule has 0 spiro atoms. The second-order valence-corrected chi connectivity index (χ2v) is 7.47. The van der Waals surface area contributed by atoms with Crippen LogP contribution in [0, 0.1) is 0 Å². The van der Waals surface area contributed by atoms with Crippen LogP contribution in [0.3, 0.4) is 0 Å². The van der Waals surface area contributed by atoms with Crippen molar-refractivity contribution in [3.63, 3.8) is 0 Å². The summed E-state index contributed by atoms with van der Waals surface area (Å²) in [4.78, 5) is 28.6. The number of hydrogen-bond donors (Lipinski definition) is 1. The normalized spacial score (nSPS) is 11.1. The first-order chi connectivity index (χ1) is 14.1. The van der Waals surface area contributed by atoms with E-state index in [9.17, 15) is 9.59 Å². The van der Waals surface area contributed by atoms with Crippen LogP contribution in [0.15, 0.2) is 53.6 Å². The molecule has 1 amide bonds. The van der Waals surface area contributed by atoms with Crippen LogP contribution in [0.1, 0.15) is 30.0 Å². The highest BCUT2D eigenvalue weighted by Gasteiger charge is 2.15. The highest BCUT2D eigenvalue weighted by molar-refractivity contribution is 8.00. The molecule has 1 N–H and O–H groups in total. The van der Waals surface area contributed by atoms with E-state index in [1.54, 1.807) is 24.3 Å². The number of fused-ring (bicyclic) bond motifs is 3. The van der Waals surface area contributed by atoms with Crippen molar-refractivity contribution in [1.29, 1.82) is 0 Å². The fourth-order valence-corrected chi connectivity index (χ4v) is 3.85. The number of para-hydroxylation sites is 2. The van der Waals surface area contributed by atoms with E-state index in [0.29, 0.717) is 21.9 Å². The second kappa shape index (κ2) is 8.00. The fraction of sp³-hybridized carbons (Fsp3) is 0.190. The first-order valence-electron chi connectivity index (χ1n) is 9.23. The molecule has 29 heavy (non-hydrogen) atoms. The van der Waals surface area contributed by atoms with E-state index in [-0.39, 0.29) is 17.4 Å². The number of ketones is 1. The molecule has 0 radical (unpaired) electrons. The molecule has 0 saturated carbocycles. The third-order valence-corrected chi connectivity index (χ3v) is 5.43. The smallest absolute Gasteiger partial charge is 0.234 e. The molecule has 0 aliphatic rings. The summed E-state index contributed by atoms with van der Waals surface area (Å²) in [6.45, 7) is 3.53. The number of carbonyl (C=O) groups excluding carboxylic acids is 2. The van der Waals surface area contributed by atoms with Gasteiger partial charge in [0.25, 0.3) is 0 Å². The van der Waals surface area contributed by atoms with Crippen molar-refractivity contribution in [3.8, 4) is 0 Å². The maximum Gasteiger partial charge on any atom is 0.234 e. The van der Waals surface area contributed by atoms with Crippen molar-refractivity contribution in [2.45, 2.75) is 25.3 Å². The van der Waals surface area contributed by atoms with Crippen LogP contribution in [0.5, 0.6) is 0 Å². The highest BCUT2D eigenvalue weighted by atomic mass is 32.2. The van der Waals surface area contributed by atoms with E-state index in [1.807, 2.05) is 35.6 Å². The molecular weight excluding hydrogens is 386 g/mol. The van der Waals surface area contributed by atoms with Crippen LogP contribution in [0.4, 0.5) is 5.69 Å². The van der Waals surface area contributed by atoms with Crippen molar-refractivity contribution >= 4 is 45.8 Å². The van der Waals surface area contributed by atoms with Gasteiger partial charge in [0.15, 0.2) is 11.4 Å². The summed E-state index contributed by atoms with van der Waals surface area (Å²) >= 11 is 1.31. The van der Waals surface area contributed by atoms with Crippen LogP contribution in [0.2, 0.25) is 0 Å². The van der Waals surface area contributed by atoms with Crippen molar-refractivity contribution in [2.75, 3.05) is 11.1 Å². The molecule has 2 heterocycles. The Morgan fingerprint density at radius 3 is 2.72 bits per heavy atom. The number of hydrogen-bond acceptors (Lipinski definition) is 6. The van der Waals surface area contributed by atoms with E-state index < -0.39 is 0 Å². The van der Waals surface area contributed by atoms with Gasteiger partial charge in [0.1, 0.15) is 10.9 Å². The lowest BCUT2D eigenvalue weighted by molar-refractivity contribution is -0.113. The number of Topliss-reactive ketones (excluding diaryl/α,β-unsaturated/α-hetero) is 1. The van der Waals surface area contributed by atoms with Gasteiger partial charge in [0.05, 0.1) is 16.8 Å².